The van der Waals surface area contributed by atoms with Gasteiger partial charge in [0.25, 0.3) is 0 Å². The number of ketones is 1. The lowest BCUT2D eigenvalue weighted by Gasteiger charge is -2.20. The minimum absolute atomic E-state index is 0.0644. The fourth-order valence-electron chi connectivity index (χ4n) is 2.53. The number of nitrogens with zero attached hydrogens (tertiary/aromatic N) is 1. The molecule has 1 atom stereocenters. The zero-order chi connectivity index (χ0) is 14.7. The van der Waals surface area contributed by atoms with Gasteiger partial charge in [-0.15, -0.1) is 11.3 Å². The van der Waals surface area contributed by atoms with Crippen molar-refractivity contribution in [3.63, 3.8) is 0 Å². The number of fused-ring (bicyclic) bond motifs is 1. The van der Waals surface area contributed by atoms with E-state index < -0.39 is 6.10 Å². The number of carbonyl (C=O) groups excluding carboxylic acids is 2. The molecule has 2 aromatic rings. The zero-order valence-corrected chi connectivity index (χ0v) is 12.5. The number of aryl methyl sites for hydroxylation is 1. The van der Waals surface area contributed by atoms with Crippen LogP contribution in [0.2, 0.25) is 0 Å². The summed E-state index contributed by atoms with van der Waals surface area (Å²) in [4.78, 5) is 28.0. The molecule has 0 N–H and O–H groups in total. The van der Waals surface area contributed by atoms with Crippen LogP contribution in [0.1, 0.15) is 37.1 Å². The van der Waals surface area contributed by atoms with E-state index in [2.05, 4.69) is 4.98 Å². The van der Waals surface area contributed by atoms with E-state index in [1.165, 1.54) is 0 Å². The van der Waals surface area contributed by atoms with Crippen molar-refractivity contribution < 1.29 is 14.3 Å². The highest BCUT2D eigenvalue weighted by Crippen LogP contribution is 2.23. The van der Waals surface area contributed by atoms with Gasteiger partial charge in [-0.1, -0.05) is 12.1 Å². The van der Waals surface area contributed by atoms with Crippen molar-refractivity contribution in [3.05, 3.63) is 29.3 Å². The minimum Gasteiger partial charge on any atom is -0.454 e. The monoisotopic (exact) mass is 303 g/mol. The molecule has 21 heavy (non-hydrogen) atoms. The topological polar surface area (TPSA) is 56.3 Å². The van der Waals surface area contributed by atoms with E-state index in [1.54, 1.807) is 11.3 Å². The maximum absolute atomic E-state index is 11.8. The highest BCUT2D eigenvalue weighted by atomic mass is 32.1. The lowest BCUT2D eigenvalue weighted by atomic mass is 9.96. The van der Waals surface area contributed by atoms with Crippen molar-refractivity contribution >= 4 is 33.3 Å². The number of thiazole rings is 1. The van der Waals surface area contributed by atoms with Crippen LogP contribution in [-0.2, 0) is 20.7 Å². The van der Waals surface area contributed by atoms with Crippen LogP contribution in [0.4, 0.5) is 0 Å². The average molecular weight is 303 g/mol. The quantitative estimate of drug-likeness (QED) is 0.813. The summed E-state index contributed by atoms with van der Waals surface area (Å²) in [5, 5.41) is 0.933. The van der Waals surface area contributed by atoms with Gasteiger partial charge in [0, 0.05) is 12.8 Å². The number of hydrogen-bond donors (Lipinski definition) is 0. The van der Waals surface area contributed by atoms with E-state index in [9.17, 15) is 9.59 Å². The van der Waals surface area contributed by atoms with Crippen molar-refractivity contribution in [2.45, 2.75) is 44.6 Å². The molecule has 110 valence electrons. The first-order valence-electron chi connectivity index (χ1n) is 7.29. The number of esters is 1. The van der Waals surface area contributed by atoms with Crippen molar-refractivity contribution in [3.8, 4) is 0 Å². The van der Waals surface area contributed by atoms with Crippen molar-refractivity contribution in [2.75, 3.05) is 0 Å². The molecule has 1 fully saturated rings. The van der Waals surface area contributed by atoms with Gasteiger partial charge >= 0.3 is 5.97 Å². The molecule has 0 bridgehead atoms. The molecule has 0 aliphatic heterocycles. The maximum atomic E-state index is 11.8. The summed E-state index contributed by atoms with van der Waals surface area (Å²) in [5.74, 6) is -0.232. The molecule has 0 unspecified atom stereocenters. The maximum Gasteiger partial charge on any atom is 0.306 e. The third-order valence-corrected chi connectivity index (χ3v) is 4.75. The third kappa shape index (κ3) is 3.47. The summed E-state index contributed by atoms with van der Waals surface area (Å²) >= 11 is 1.60. The van der Waals surface area contributed by atoms with Gasteiger partial charge in [0.05, 0.1) is 21.6 Å². The standard InChI is InChI=1S/C16H17NO3S/c18-12-6-2-3-7-13(12)20-16(19)10-9-15-17-11-5-1-4-8-14(11)21-15/h1,4-5,8,13H,2-3,6-7,9-10H2/t13-/m1/s1. The Morgan fingerprint density at radius 3 is 3.00 bits per heavy atom. The summed E-state index contributed by atoms with van der Waals surface area (Å²) in [5.41, 5.74) is 0.966. The minimum atomic E-state index is -0.512. The van der Waals surface area contributed by atoms with E-state index in [4.69, 9.17) is 4.74 Å². The zero-order valence-electron chi connectivity index (χ0n) is 11.7. The molecule has 1 aliphatic rings. The molecule has 1 aromatic heterocycles. The van der Waals surface area contributed by atoms with Crippen molar-refractivity contribution in [1.29, 1.82) is 0 Å². The number of aromatic nitrogens is 1. The molecule has 5 heteroatoms. The third-order valence-electron chi connectivity index (χ3n) is 3.65. The normalized spacial score (nSPS) is 18.9. The van der Waals surface area contributed by atoms with Gasteiger partial charge in [-0.3, -0.25) is 9.59 Å². The Bertz CT molecular complexity index is 631. The molecule has 0 amide bonds. The van der Waals surface area contributed by atoms with Crippen LogP contribution in [0.3, 0.4) is 0 Å². The van der Waals surface area contributed by atoms with Crippen LogP contribution in [0.15, 0.2) is 24.3 Å². The predicted octanol–water partition coefficient (Wildman–Crippen LogP) is 3.28. The van der Waals surface area contributed by atoms with Gasteiger partial charge in [0.1, 0.15) is 0 Å². The molecule has 3 rings (SSSR count). The Labute approximate surface area is 127 Å². The molecule has 1 heterocycles. The van der Waals surface area contributed by atoms with Crippen LogP contribution >= 0.6 is 11.3 Å². The number of para-hydroxylation sites is 1. The summed E-state index contributed by atoms with van der Waals surface area (Å²) in [6.07, 6.45) is 3.42. The highest BCUT2D eigenvalue weighted by Gasteiger charge is 2.25. The first-order valence-corrected chi connectivity index (χ1v) is 8.10. The van der Waals surface area contributed by atoms with Gasteiger partial charge in [-0.05, 0) is 31.4 Å². The van der Waals surface area contributed by atoms with E-state index in [0.717, 1.165) is 28.1 Å². The van der Waals surface area contributed by atoms with Gasteiger partial charge in [-0.2, -0.15) is 0 Å². The second-order valence-electron chi connectivity index (χ2n) is 5.27. The van der Waals surface area contributed by atoms with E-state index in [1.807, 2.05) is 24.3 Å². The number of hydrogen-bond acceptors (Lipinski definition) is 5. The smallest absolute Gasteiger partial charge is 0.306 e. The largest absolute Gasteiger partial charge is 0.454 e. The fourth-order valence-corrected chi connectivity index (χ4v) is 3.50. The number of ether oxygens (including phenoxy) is 1. The summed E-state index contributed by atoms with van der Waals surface area (Å²) in [7, 11) is 0. The lowest BCUT2D eigenvalue weighted by molar-refractivity contribution is -0.156. The first kappa shape index (κ1) is 14.2. The molecule has 4 nitrogen and oxygen atoms in total. The molecule has 0 radical (unpaired) electrons. The first-order chi connectivity index (χ1) is 10.2. The Morgan fingerprint density at radius 2 is 2.19 bits per heavy atom. The summed E-state index contributed by atoms with van der Waals surface area (Å²) in [6.45, 7) is 0. The molecular formula is C16H17NO3S. The van der Waals surface area contributed by atoms with Crippen LogP contribution in [0, 0.1) is 0 Å². The predicted molar refractivity (Wildman–Crippen MR) is 81.3 cm³/mol. The van der Waals surface area contributed by atoms with Crippen molar-refractivity contribution in [1.82, 2.24) is 4.98 Å². The van der Waals surface area contributed by atoms with Gasteiger partial charge < -0.3 is 4.74 Å². The summed E-state index contributed by atoms with van der Waals surface area (Å²) in [6, 6.07) is 7.92. The van der Waals surface area contributed by atoms with Crippen molar-refractivity contribution in [2.24, 2.45) is 0 Å². The number of rotatable bonds is 4. The second-order valence-corrected chi connectivity index (χ2v) is 6.38. The molecule has 0 saturated heterocycles. The Hall–Kier alpha value is -1.75. The number of benzene rings is 1. The summed E-state index contributed by atoms with van der Waals surface area (Å²) < 4.78 is 6.42. The van der Waals surface area contributed by atoms with Crippen LogP contribution in [-0.4, -0.2) is 22.8 Å². The fraction of sp³-hybridized carbons (Fsp3) is 0.438. The molecular weight excluding hydrogens is 286 g/mol. The average Bonchev–Trinajstić information content (AvgIpc) is 2.90. The van der Waals surface area contributed by atoms with Crippen LogP contribution in [0.25, 0.3) is 10.2 Å². The number of Topliss-reactive ketones (excluding diaryl/α,β-unsaturated/α-hetero) is 1. The molecule has 1 aromatic carbocycles. The Balaban J connectivity index is 1.54. The lowest BCUT2D eigenvalue weighted by Crippen LogP contribution is -2.30. The SMILES string of the molecule is O=C(CCc1nc2ccccc2s1)O[C@@H]1CCCCC1=O. The Morgan fingerprint density at radius 1 is 1.33 bits per heavy atom. The Kier molecular flexibility index (Phi) is 4.29. The van der Waals surface area contributed by atoms with Crippen LogP contribution in [0.5, 0.6) is 0 Å². The van der Waals surface area contributed by atoms with E-state index >= 15 is 0 Å². The van der Waals surface area contributed by atoms with Crippen LogP contribution < -0.4 is 0 Å². The molecule has 1 saturated carbocycles. The van der Waals surface area contributed by atoms with E-state index in [0.29, 0.717) is 19.3 Å². The highest BCUT2D eigenvalue weighted by molar-refractivity contribution is 7.18. The number of carbonyl (C=O) groups is 2. The molecule has 1 aliphatic carbocycles. The molecule has 0 spiro atoms. The van der Waals surface area contributed by atoms with E-state index in [-0.39, 0.29) is 18.2 Å². The van der Waals surface area contributed by atoms with Gasteiger partial charge in [-0.25, -0.2) is 4.98 Å². The second kappa shape index (κ2) is 6.35. The van der Waals surface area contributed by atoms with Gasteiger partial charge in [0.15, 0.2) is 11.9 Å². The van der Waals surface area contributed by atoms with Gasteiger partial charge in [0.2, 0.25) is 0 Å².